The van der Waals surface area contributed by atoms with E-state index in [1.807, 2.05) is 6.92 Å². The molecule has 4 aliphatic carbocycles. The molecule has 1 saturated heterocycles. The van der Waals surface area contributed by atoms with E-state index in [-0.39, 0.29) is 33.9 Å². The zero-order chi connectivity index (χ0) is 23.3. The van der Waals surface area contributed by atoms with E-state index in [0.717, 1.165) is 44.9 Å². The van der Waals surface area contributed by atoms with Crippen molar-refractivity contribution in [2.24, 2.45) is 34.0 Å². The van der Waals surface area contributed by atoms with Crippen LogP contribution in [-0.4, -0.2) is 45.3 Å². The molecular weight excluding hydrogens is 400 g/mol. The summed E-state index contributed by atoms with van der Waals surface area (Å²) in [5, 5.41) is 32.3. The third-order valence-electron chi connectivity index (χ3n) is 12.2. The molecule has 4 heteroatoms. The van der Waals surface area contributed by atoms with Gasteiger partial charge in [0.2, 0.25) is 0 Å². The second-order valence-electron chi connectivity index (χ2n) is 12.9. The minimum absolute atomic E-state index is 0.0273. The van der Waals surface area contributed by atoms with E-state index < -0.39 is 18.3 Å². The smallest absolute Gasteiger partial charge is 0.110 e. The van der Waals surface area contributed by atoms with Gasteiger partial charge in [0.15, 0.2) is 0 Å². The number of aliphatic hydroxyl groups is 3. The summed E-state index contributed by atoms with van der Waals surface area (Å²) in [7, 11) is 0. The summed E-state index contributed by atoms with van der Waals surface area (Å²) in [5.41, 5.74) is 3.29. The highest BCUT2D eigenvalue weighted by atomic mass is 16.5. The van der Waals surface area contributed by atoms with Crippen LogP contribution in [-0.2, 0) is 4.74 Å². The first kappa shape index (κ1) is 23.3. The molecule has 1 heterocycles. The fraction of sp³-hybridized carbons (Fsp3) is 0.929. The molecule has 4 nitrogen and oxygen atoms in total. The van der Waals surface area contributed by atoms with Crippen LogP contribution in [0.25, 0.3) is 0 Å². The average Bonchev–Trinajstić information content (AvgIpc) is 3.17. The van der Waals surface area contributed by atoms with Crippen LogP contribution in [0.5, 0.6) is 0 Å². The van der Waals surface area contributed by atoms with Crippen LogP contribution in [0.1, 0.15) is 99.3 Å². The molecule has 0 aromatic rings. The Labute approximate surface area is 194 Å². The van der Waals surface area contributed by atoms with Gasteiger partial charge in [-0.05, 0) is 80.5 Å². The lowest BCUT2D eigenvalue weighted by molar-refractivity contribution is -0.169. The van der Waals surface area contributed by atoms with Crippen molar-refractivity contribution in [3.63, 3.8) is 0 Å². The molecule has 1 spiro atoms. The van der Waals surface area contributed by atoms with Crippen LogP contribution in [0.4, 0.5) is 0 Å². The maximum absolute atomic E-state index is 11.1. The Hall–Kier alpha value is -0.420. The summed E-state index contributed by atoms with van der Waals surface area (Å²) < 4.78 is 6.81. The molecule has 11 atom stereocenters. The van der Waals surface area contributed by atoms with Crippen LogP contribution in [0.15, 0.2) is 11.1 Å². The quantitative estimate of drug-likeness (QED) is 0.522. The molecule has 3 fully saturated rings. The van der Waals surface area contributed by atoms with Gasteiger partial charge in [0, 0.05) is 11.3 Å². The highest BCUT2D eigenvalue weighted by Gasteiger charge is 2.73. The molecule has 32 heavy (non-hydrogen) atoms. The molecule has 0 aromatic heterocycles. The van der Waals surface area contributed by atoms with Crippen molar-refractivity contribution in [2.75, 3.05) is 0 Å². The average molecular weight is 447 g/mol. The first-order chi connectivity index (χ1) is 15.0. The van der Waals surface area contributed by atoms with Gasteiger partial charge in [-0.25, -0.2) is 0 Å². The van der Waals surface area contributed by atoms with Gasteiger partial charge >= 0.3 is 0 Å². The first-order valence-electron chi connectivity index (χ1n) is 13.4. The summed E-state index contributed by atoms with van der Waals surface area (Å²) in [6.45, 7) is 13.8. The van der Waals surface area contributed by atoms with Crippen LogP contribution < -0.4 is 0 Å². The number of allylic oxidation sites excluding steroid dienone is 2. The molecule has 3 N–H and O–H groups in total. The molecular formula is C28H46O4. The van der Waals surface area contributed by atoms with Crippen molar-refractivity contribution in [1.29, 1.82) is 0 Å². The Morgan fingerprint density at radius 1 is 0.969 bits per heavy atom. The van der Waals surface area contributed by atoms with E-state index in [1.54, 1.807) is 11.1 Å². The summed E-state index contributed by atoms with van der Waals surface area (Å²) in [6, 6.07) is 0. The lowest BCUT2D eigenvalue weighted by atomic mass is 9.45. The number of hydrogen-bond acceptors (Lipinski definition) is 4. The SMILES string of the molecule is CCC(O)C1OC2(CCC3(C)C4=C(CCC32C)C2(C)CCC(O)C(C)C2CC4)C(C)C1O. The topological polar surface area (TPSA) is 69.9 Å². The number of ether oxygens (including phenoxy) is 1. The van der Waals surface area contributed by atoms with Crippen molar-refractivity contribution in [3.05, 3.63) is 11.1 Å². The van der Waals surface area contributed by atoms with Gasteiger partial charge in [-0.3, -0.25) is 0 Å². The van der Waals surface area contributed by atoms with Gasteiger partial charge in [0.05, 0.1) is 23.9 Å². The molecule has 0 aromatic carbocycles. The molecule has 2 saturated carbocycles. The standard InChI is InChI=1S/C28H46O4/c1-7-21(29)24-23(31)17(3)28(32-24)15-14-26(5)20-9-8-18-16(2)22(30)11-12-25(18,4)19(20)10-13-27(26,28)6/h16-18,21-24,29-31H,7-15H2,1-6H3. The monoisotopic (exact) mass is 446 g/mol. The fourth-order valence-corrected chi connectivity index (χ4v) is 9.78. The molecule has 11 unspecified atom stereocenters. The highest BCUT2D eigenvalue weighted by molar-refractivity contribution is 5.40. The summed E-state index contributed by atoms with van der Waals surface area (Å²) >= 11 is 0. The van der Waals surface area contributed by atoms with E-state index in [2.05, 4.69) is 34.6 Å². The van der Waals surface area contributed by atoms with Gasteiger partial charge in [-0.1, -0.05) is 52.7 Å². The van der Waals surface area contributed by atoms with E-state index in [4.69, 9.17) is 4.74 Å². The van der Waals surface area contributed by atoms with Crippen molar-refractivity contribution in [3.8, 4) is 0 Å². The molecule has 5 aliphatic rings. The van der Waals surface area contributed by atoms with Gasteiger partial charge in [-0.15, -0.1) is 0 Å². The zero-order valence-corrected chi connectivity index (χ0v) is 21.2. The molecule has 182 valence electrons. The Morgan fingerprint density at radius 3 is 2.38 bits per heavy atom. The fourth-order valence-electron chi connectivity index (χ4n) is 9.78. The Balaban J connectivity index is 1.56. The second kappa shape index (κ2) is 7.29. The van der Waals surface area contributed by atoms with Crippen LogP contribution in [0, 0.1) is 34.0 Å². The van der Waals surface area contributed by atoms with Gasteiger partial charge in [0.25, 0.3) is 0 Å². The Bertz CT molecular complexity index is 807. The van der Waals surface area contributed by atoms with Crippen LogP contribution in [0.3, 0.4) is 0 Å². The maximum atomic E-state index is 11.1. The lowest BCUT2D eigenvalue weighted by Gasteiger charge is -2.61. The van der Waals surface area contributed by atoms with Crippen molar-refractivity contribution >= 4 is 0 Å². The lowest BCUT2D eigenvalue weighted by Crippen LogP contribution is -2.57. The van der Waals surface area contributed by atoms with Crippen LogP contribution in [0.2, 0.25) is 0 Å². The van der Waals surface area contributed by atoms with E-state index in [9.17, 15) is 15.3 Å². The number of hydrogen-bond donors (Lipinski definition) is 3. The predicted octanol–water partition coefficient (Wildman–Crippen LogP) is 5.00. The maximum Gasteiger partial charge on any atom is 0.110 e. The second-order valence-corrected chi connectivity index (χ2v) is 12.9. The highest BCUT2D eigenvalue weighted by Crippen LogP contribution is 2.74. The number of fused-ring (bicyclic) bond motifs is 5. The van der Waals surface area contributed by atoms with Crippen molar-refractivity contribution in [2.45, 2.75) is 129 Å². The predicted molar refractivity (Wildman–Crippen MR) is 126 cm³/mol. The third kappa shape index (κ3) is 2.59. The minimum atomic E-state index is -0.606. The van der Waals surface area contributed by atoms with E-state index in [1.165, 1.54) is 6.42 Å². The van der Waals surface area contributed by atoms with Crippen LogP contribution >= 0.6 is 0 Å². The first-order valence-corrected chi connectivity index (χ1v) is 13.4. The van der Waals surface area contributed by atoms with Crippen molar-refractivity contribution in [1.82, 2.24) is 0 Å². The summed E-state index contributed by atoms with van der Waals surface area (Å²) in [4.78, 5) is 0. The normalized spacial score (nSPS) is 56.2. The van der Waals surface area contributed by atoms with Gasteiger partial charge < -0.3 is 20.1 Å². The zero-order valence-electron chi connectivity index (χ0n) is 21.2. The number of aliphatic hydroxyl groups excluding tert-OH is 3. The number of rotatable bonds is 2. The van der Waals surface area contributed by atoms with Crippen molar-refractivity contribution < 1.29 is 20.1 Å². The van der Waals surface area contributed by atoms with Gasteiger partial charge in [0.1, 0.15) is 6.10 Å². The van der Waals surface area contributed by atoms with E-state index in [0.29, 0.717) is 18.3 Å². The molecule has 0 bridgehead atoms. The minimum Gasteiger partial charge on any atom is -0.393 e. The molecule has 0 radical (unpaired) electrons. The summed E-state index contributed by atoms with van der Waals surface area (Å²) in [6.07, 6.45) is 7.42. The molecule has 0 amide bonds. The Morgan fingerprint density at radius 2 is 1.69 bits per heavy atom. The van der Waals surface area contributed by atoms with Gasteiger partial charge in [-0.2, -0.15) is 0 Å². The summed E-state index contributed by atoms with van der Waals surface area (Å²) in [5.74, 6) is 0.990. The Kier molecular flexibility index (Phi) is 5.31. The molecule has 5 rings (SSSR count). The largest absolute Gasteiger partial charge is 0.393 e. The molecule has 1 aliphatic heterocycles. The van der Waals surface area contributed by atoms with E-state index >= 15 is 0 Å². The third-order valence-corrected chi connectivity index (χ3v) is 12.2.